The molecule has 0 atom stereocenters. The van der Waals surface area contributed by atoms with Crippen LogP contribution in [-0.2, 0) is 9.59 Å². The quantitative estimate of drug-likeness (QED) is 0.681. The first-order valence-electron chi connectivity index (χ1n) is 4.20. The predicted octanol–water partition coefficient (Wildman–Crippen LogP) is 2.07. The van der Waals surface area contributed by atoms with Crippen LogP contribution in [0.3, 0.4) is 0 Å². The zero-order valence-electron chi connectivity index (χ0n) is 8.43. The molecule has 0 spiro atoms. The Bertz CT molecular complexity index is 192. The molecule has 0 saturated heterocycles. The van der Waals surface area contributed by atoms with Crippen molar-refractivity contribution in [3.63, 3.8) is 0 Å². The van der Waals surface area contributed by atoms with E-state index in [-0.39, 0.29) is 12.8 Å². The number of carboxylic acid groups (broad SMARTS) is 2. The van der Waals surface area contributed by atoms with Gasteiger partial charge in [-0.1, -0.05) is 24.3 Å². The predicted molar refractivity (Wildman–Crippen MR) is 54.1 cm³/mol. The number of carbonyl (C=O) groups is 2. The van der Waals surface area contributed by atoms with Crippen molar-refractivity contribution in [3.05, 3.63) is 24.3 Å². The van der Waals surface area contributed by atoms with Gasteiger partial charge in [-0.3, -0.25) is 9.59 Å². The summed E-state index contributed by atoms with van der Waals surface area (Å²) in [4.78, 5) is 19.4. The smallest absolute Gasteiger partial charge is 0.307 e. The van der Waals surface area contributed by atoms with Gasteiger partial charge in [0.15, 0.2) is 0 Å². The molecular weight excluding hydrogens is 184 g/mol. The fraction of sp³-hybridized carbons (Fsp3) is 0.400. The van der Waals surface area contributed by atoms with Crippen molar-refractivity contribution in [3.8, 4) is 0 Å². The van der Waals surface area contributed by atoms with E-state index in [4.69, 9.17) is 10.2 Å². The van der Waals surface area contributed by atoms with Crippen molar-refractivity contribution in [1.29, 1.82) is 0 Å². The summed E-state index contributed by atoms with van der Waals surface area (Å²) >= 11 is 0. The lowest BCUT2D eigenvalue weighted by Gasteiger charge is -1.77. The lowest BCUT2D eigenvalue weighted by atomic mass is 10.4. The van der Waals surface area contributed by atoms with E-state index < -0.39 is 11.9 Å². The van der Waals surface area contributed by atoms with Crippen molar-refractivity contribution in [2.24, 2.45) is 0 Å². The van der Waals surface area contributed by atoms with Gasteiger partial charge < -0.3 is 10.2 Å². The lowest BCUT2D eigenvalue weighted by molar-refractivity contribution is -0.137. The zero-order valence-corrected chi connectivity index (χ0v) is 8.43. The van der Waals surface area contributed by atoms with Crippen molar-refractivity contribution in [2.75, 3.05) is 0 Å². The molecule has 14 heavy (non-hydrogen) atoms. The van der Waals surface area contributed by atoms with E-state index in [1.54, 1.807) is 38.2 Å². The van der Waals surface area contributed by atoms with Crippen LogP contribution < -0.4 is 0 Å². The number of hydrogen-bond acceptors (Lipinski definition) is 2. The van der Waals surface area contributed by atoms with Crippen LogP contribution in [0.2, 0.25) is 0 Å². The van der Waals surface area contributed by atoms with Crippen molar-refractivity contribution in [2.45, 2.75) is 26.7 Å². The summed E-state index contributed by atoms with van der Waals surface area (Å²) < 4.78 is 0. The first kappa shape index (κ1) is 14.9. The molecule has 0 aromatic rings. The van der Waals surface area contributed by atoms with E-state index in [1.165, 1.54) is 0 Å². The minimum atomic E-state index is -0.780. The normalized spacial score (nSPS) is 9.86. The van der Waals surface area contributed by atoms with Crippen molar-refractivity contribution in [1.82, 2.24) is 0 Å². The molecule has 4 nitrogen and oxygen atoms in total. The summed E-state index contributed by atoms with van der Waals surface area (Å²) in [5.74, 6) is -1.56. The Hall–Kier alpha value is -1.58. The molecule has 0 aliphatic carbocycles. The van der Waals surface area contributed by atoms with Gasteiger partial charge in [0.2, 0.25) is 0 Å². The second-order valence-electron chi connectivity index (χ2n) is 2.33. The number of allylic oxidation sites excluding steroid dienone is 2. The number of rotatable bonds is 4. The molecule has 0 amide bonds. The van der Waals surface area contributed by atoms with Crippen LogP contribution in [0.1, 0.15) is 26.7 Å². The molecule has 0 bridgehead atoms. The average Bonchev–Trinajstić information content (AvgIpc) is 2.12. The van der Waals surface area contributed by atoms with Gasteiger partial charge in [0.1, 0.15) is 0 Å². The lowest BCUT2D eigenvalue weighted by Crippen LogP contribution is -1.88. The van der Waals surface area contributed by atoms with Crippen LogP contribution in [0, 0.1) is 0 Å². The molecule has 2 N–H and O–H groups in total. The molecule has 0 aliphatic heterocycles. The van der Waals surface area contributed by atoms with Crippen LogP contribution in [-0.4, -0.2) is 22.2 Å². The van der Waals surface area contributed by atoms with Crippen LogP contribution in [0.4, 0.5) is 0 Å². The van der Waals surface area contributed by atoms with E-state index in [0.717, 1.165) is 0 Å². The molecule has 0 fully saturated rings. The van der Waals surface area contributed by atoms with Gasteiger partial charge in [0, 0.05) is 0 Å². The van der Waals surface area contributed by atoms with E-state index in [0.29, 0.717) is 0 Å². The maximum atomic E-state index is 9.71. The third-order valence-corrected chi connectivity index (χ3v) is 1.06. The average molecular weight is 200 g/mol. The topological polar surface area (TPSA) is 74.6 Å². The maximum Gasteiger partial charge on any atom is 0.307 e. The zero-order chi connectivity index (χ0) is 11.4. The first-order chi connectivity index (χ1) is 6.54. The highest BCUT2D eigenvalue weighted by atomic mass is 16.4. The Labute approximate surface area is 83.6 Å². The molecule has 0 aromatic carbocycles. The van der Waals surface area contributed by atoms with Crippen LogP contribution in [0.5, 0.6) is 0 Å². The summed E-state index contributed by atoms with van der Waals surface area (Å²) in [5.41, 5.74) is 0. The number of hydrogen-bond donors (Lipinski definition) is 2. The highest BCUT2D eigenvalue weighted by molar-refractivity contribution is 5.68. The van der Waals surface area contributed by atoms with Gasteiger partial charge in [0.05, 0.1) is 12.8 Å². The van der Waals surface area contributed by atoms with E-state index in [2.05, 4.69) is 0 Å². The summed E-state index contributed by atoms with van der Waals surface area (Å²) in [5, 5.41) is 16.0. The third kappa shape index (κ3) is 22.4. The Morgan fingerprint density at radius 2 is 1.21 bits per heavy atom. The van der Waals surface area contributed by atoms with Crippen LogP contribution in [0.15, 0.2) is 24.3 Å². The van der Waals surface area contributed by atoms with Gasteiger partial charge in [-0.2, -0.15) is 0 Å². The Morgan fingerprint density at radius 3 is 1.29 bits per heavy atom. The van der Waals surface area contributed by atoms with Crippen molar-refractivity contribution >= 4 is 11.9 Å². The molecule has 0 rings (SSSR count). The molecule has 4 heteroatoms. The minimum Gasteiger partial charge on any atom is -0.481 e. The van der Waals surface area contributed by atoms with Gasteiger partial charge >= 0.3 is 11.9 Å². The Balaban J connectivity index is 0. The largest absolute Gasteiger partial charge is 0.481 e. The number of aliphatic carboxylic acids is 2. The minimum absolute atomic E-state index is 0.135. The number of carboxylic acids is 2. The molecule has 0 aromatic heterocycles. The highest BCUT2D eigenvalue weighted by Gasteiger charge is 1.85. The fourth-order valence-corrected chi connectivity index (χ4v) is 0.437. The molecular formula is C10H16O4. The van der Waals surface area contributed by atoms with Gasteiger partial charge in [-0.05, 0) is 13.8 Å². The van der Waals surface area contributed by atoms with Crippen LogP contribution >= 0.6 is 0 Å². The van der Waals surface area contributed by atoms with Gasteiger partial charge in [0.25, 0.3) is 0 Å². The first-order valence-corrected chi connectivity index (χ1v) is 4.20. The highest BCUT2D eigenvalue weighted by Crippen LogP contribution is 1.79. The summed E-state index contributed by atoms with van der Waals surface area (Å²) in [7, 11) is 0. The Kier molecular flexibility index (Phi) is 12.2. The van der Waals surface area contributed by atoms with Gasteiger partial charge in [-0.15, -0.1) is 0 Å². The van der Waals surface area contributed by atoms with E-state index in [9.17, 15) is 9.59 Å². The molecule has 0 aliphatic rings. The molecule has 0 unspecified atom stereocenters. The molecule has 0 heterocycles. The SMILES string of the molecule is C/C=C/CC(=O)O.C/C=C/CC(=O)O. The fourth-order valence-electron chi connectivity index (χ4n) is 0.437. The summed E-state index contributed by atoms with van der Waals surface area (Å²) in [6, 6.07) is 0. The summed E-state index contributed by atoms with van der Waals surface area (Å²) in [6.45, 7) is 3.59. The van der Waals surface area contributed by atoms with E-state index in [1.807, 2.05) is 0 Å². The molecule has 0 saturated carbocycles. The monoisotopic (exact) mass is 200 g/mol. The second-order valence-corrected chi connectivity index (χ2v) is 2.33. The Morgan fingerprint density at radius 1 is 0.929 bits per heavy atom. The maximum absolute atomic E-state index is 9.71. The van der Waals surface area contributed by atoms with Crippen molar-refractivity contribution < 1.29 is 19.8 Å². The summed E-state index contributed by atoms with van der Waals surface area (Å²) in [6.07, 6.45) is 6.90. The van der Waals surface area contributed by atoms with Crippen LogP contribution in [0.25, 0.3) is 0 Å². The second kappa shape index (κ2) is 11.4. The van der Waals surface area contributed by atoms with Gasteiger partial charge in [-0.25, -0.2) is 0 Å². The van der Waals surface area contributed by atoms with E-state index >= 15 is 0 Å². The third-order valence-electron chi connectivity index (χ3n) is 1.06. The standard InChI is InChI=1S/2C5H8O2/c2*1-2-3-4-5(6)7/h2*2-3H,4H2,1H3,(H,6,7)/b2*3-2+. The molecule has 0 radical (unpaired) electrons. The molecule has 80 valence electrons.